The van der Waals surface area contributed by atoms with Crippen LogP contribution in [0.1, 0.15) is 23.6 Å². The standard InChI is InChI=1S/C17H18ClN/c1-12-9-16(8-7-15(12)11-18)19-13(2)10-14-5-3-4-6-17(14)19/h3-9,13H,10-11H2,1-2H3. The zero-order chi connectivity index (χ0) is 13.4. The summed E-state index contributed by atoms with van der Waals surface area (Å²) in [6, 6.07) is 15.8. The first-order chi connectivity index (χ1) is 9.20. The van der Waals surface area contributed by atoms with Crippen molar-refractivity contribution in [2.45, 2.75) is 32.2 Å². The van der Waals surface area contributed by atoms with Crippen LogP contribution in [0.25, 0.3) is 0 Å². The number of hydrogen-bond donors (Lipinski definition) is 0. The van der Waals surface area contributed by atoms with Gasteiger partial charge in [0.05, 0.1) is 0 Å². The average molecular weight is 272 g/mol. The number of hydrogen-bond acceptors (Lipinski definition) is 1. The summed E-state index contributed by atoms with van der Waals surface area (Å²) in [4.78, 5) is 2.43. The summed E-state index contributed by atoms with van der Waals surface area (Å²) in [6.07, 6.45) is 1.12. The van der Waals surface area contributed by atoms with E-state index in [1.165, 1.54) is 28.1 Å². The van der Waals surface area contributed by atoms with Gasteiger partial charge in [-0.25, -0.2) is 0 Å². The van der Waals surface area contributed by atoms with Gasteiger partial charge in [-0.15, -0.1) is 11.6 Å². The minimum Gasteiger partial charge on any atom is -0.338 e. The molecule has 0 aromatic heterocycles. The van der Waals surface area contributed by atoms with Crippen LogP contribution in [0.2, 0.25) is 0 Å². The summed E-state index contributed by atoms with van der Waals surface area (Å²) < 4.78 is 0. The molecule has 19 heavy (non-hydrogen) atoms. The number of fused-ring (bicyclic) bond motifs is 1. The van der Waals surface area contributed by atoms with Crippen LogP contribution in [0, 0.1) is 6.92 Å². The maximum Gasteiger partial charge on any atom is 0.0476 e. The summed E-state index contributed by atoms with van der Waals surface area (Å²) in [5, 5.41) is 0. The van der Waals surface area contributed by atoms with Crippen LogP contribution in [0.4, 0.5) is 11.4 Å². The smallest absolute Gasteiger partial charge is 0.0476 e. The van der Waals surface area contributed by atoms with Crippen molar-refractivity contribution in [2.24, 2.45) is 0 Å². The van der Waals surface area contributed by atoms with Gasteiger partial charge < -0.3 is 4.90 Å². The Hall–Kier alpha value is -1.47. The molecule has 0 spiro atoms. The van der Waals surface area contributed by atoms with E-state index in [0.29, 0.717) is 11.9 Å². The normalized spacial score (nSPS) is 17.6. The van der Waals surface area contributed by atoms with E-state index < -0.39 is 0 Å². The minimum absolute atomic E-state index is 0.513. The van der Waals surface area contributed by atoms with E-state index in [1.54, 1.807) is 0 Å². The average Bonchev–Trinajstić information content (AvgIpc) is 2.74. The highest BCUT2D eigenvalue weighted by Crippen LogP contribution is 2.38. The molecule has 0 N–H and O–H groups in total. The molecule has 0 radical (unpaired) electrons. The van der Waals surface area contributed by atoms with Crippen LogP contribution in [0.15, 0.2) is 42.5 Å². The number of rotatable bonds is 2. The fourth-order valence-electron chi connectivity index (χ4n) is 2.94. The van der Waals surface area contributed by atoms with Gasteiger partial charge in [0.1, 0.15) is 0 Å². The maximum atomic E-state index is 5.94. The molecule has 0 saturated carbocycles. The minimum atomic E-state index is 0.513. The molecule has 0 saturated heterocycles. The van der Waals surface area contributed by atoms with Crippen molar-refractivity contribution in [3.8, 4) is 0 Å². The fraction of sp³-hybridized carbons (Fsp3) is 0.294. The van der Waals surface area contributed by atoms with Crippen molar-refractivity contribution in [3.63, 3.8) is 0 Å². The number of anilines is 2. The molecule has 1 unspecified atom stereocenters. The van der Waals surface area contributed by atoms with Gasteiger partial charge in [-0.1, -0.05) is 24.3 Å². The SMILES string of the molecule is Cc1cc(N2c3ccccc3CC2C)ccc1CCl. The zero-order valence-electron chi connectivity index (χ0n) is 11.4. The number of aryl methyl sites for hydroxylation is 1. The van der Waals surface area contributed by atoms with Gasteiger partial charge in [-0.05, 0) is 55.2 Å². The van der Waals surface area contributed by atoms with Crippen LogP contribution in [0.3, 0.4) is 0 Å². The van der Waals surface area contributed by atoms with Crippen molar-refractivity contribution >= 4 is 23.0 Å². The lowest BCUT2D eigenvalue weighted by atomic mass is 10.1. The first-order valence-corrected chi connectivity index (χ1v) is 7.27. The van der Waals surface area contributed by atoms with E-state index in [0.717, 1.165) is 6.42 Å². The Morgan fingerprint density at radius 2 is 2.00 bits per heavy atom. The molecule has 1 atom stereocenters. The Bertz CT molecular complexity index is 606. The Balaban J connectivity index is 2.05. The number of benzene rings is 2. The lowest BCUT2D eigenvalue weighted by Gasteiger charge is -2.26. The molecular formula is C17H18ClN. The molecule has 1 aliphatic heterocycles. The zero-order valence-corrected chi connectivity index (χ0v) is 12.1. The molecule has 0 amide bonds. The molecule has 2 aromatic rings. The topological polar surface area (TPSA) is 3.24 Å². The van der Waals surface area contributed by atoms with E-state index in [1.807, 2.05) is 0 Å². The third kappa shape index (κ3) is 2.12. The Morgan fingerprint density at radius 3 is 2.74 bits per heavy atom. The highest BCUT2D eigenvalue weighted by Gasteiger charge is 2.26. The number of halogens is 1. The quantitative estimate of drug-likeness (QED) is 0.708. The lowest BCUT2D eigenvalue weighted by molar-refractivity contribution is 0.758. The van der Waals surface area contributed by atoms with E-state index in [4.69, 9.17) is 11.6 Å². The van der Waals surface area contributed by atoms with Crippen LogP contribution in [-0.2, 0) is 12.3 Å². The van der Waals surface area contributed by atoms with Crippen molar-refractivity contribution in [2.75, 3.05) is 4.90 Å². The summed E-state index contributed by atoms with van der Waals surface area (Å²) in [5.74, 6) is 0.582. The van der Waals surface area contributed by atoms with E-state index >= 15 is 0 Å². The molecule has 98 valence electrons. The van der Waals surface area contributed by atoms with E-state index in [9.17, 15) is 0 Å². The second-order valence-electron chi connectivity index (χ2n) is 5.30. The summed E-state index contributed by atoms with van der Waals surface area (Å²) >= 11 is 5.94. The first-order valence-electron chi connectivity index (χ1n) is 6.73. The monoisotopic (exact) mass is 271 g/mol. The maximum absolute atomic E-state index is 5.94. The van der Waals surface area contributed by atoms with Gasteiger partial charge >= 0.3 is 0 Å². The predicted octanol–water partition coefficient (Wildman–Crippen LogP) is 4.82. The molecule has 0 fully saturated rings. The number of para-hydroxylation sites is 1. The molecule has 1 heterocycles. The van der Waals surface area contributed by atoms with Crippen LogP contribution in [0.5, 0.6) is 0 Å². The third-order valence-electron chi connectivity index (χ3n) is 3.96. The molecular weight excluding hydrogens is 254 g/mol. The van der Waals surface area contributed by atoms with Crippen LogP contribution in [-0.4, -0.2) is 6.04 Å². The first kappa shape index (κ1) is 12.6. The lowest BCUT2D eigenvalue weighted by Crippen LogP contribution is -2.23. The highest BCUT2D eigenvalue weighted by molar-refractivity contribution is 6.17. The Kier molecular flexibility index (Phi) is 3.24. The van der Waals surface area contributed by atoms with E-state index in [-0.39, 0.29) is 0 Å². The molecule has 0 aliphatic carbocycles. The molecule has 2 heteroatoms. The second-order valence-corrected chi connectivity index (χ2v) is 5.56. The second kappa shape index (κ2) is 4.90. The van der Waals surface area contributed by atoms with Gasteiger partial charge in [0.2, 0.25) is 0 Å². The van der Waals surface area contributed by atoms with Crippen LogP contribution < -0.4 is 4.90 Å². The largest absolute Gasteiger partial charge is 0.338 e. The fourth-order valence-corrected chi connectivity index (χ4v) is 3.24. The molecule has 2 aromatic carbocycles. The van der Waals surface area contributed by atoms with Gasteiger partial charge in [-0.2, -0.15) is 0 Å². The molecule has 0 bridgehead atoms. The van der Waals surface area contributed by atoms with Gasteiger partial charge in [0, 0.05) is 23.3 Å². The number of alkyl halides is 1. The van der Waals surface area contributed by atoms with Crippen molar-refractivity contribution in [1.82, 2.24) is 0 Å². The van der Waals surface area contributed by atoms with Crippen molar-refractivity contribution in [3.05, 3.63) is 59.2 Å². The summed E-state index contributed by atoms with van der Waals surface area (Å²) in [6.45, 7) is 4.42. The third-order valence-corrected chi connectivity index (χ3v) is 4.24. The molecule has 1 nitrogen and oxygen atoms in total. The summed E-state index contributed by atoms with van der Waals surface area (Å²) in [7, 11) is 0. The summed E-state index contributed by atoms with van der Waals surface area (Å²) in [5.41, 5.74) is 6.53. The van der Waals surface area contributed by atoms with Gasteiger partial charge in [0.15, 0.2) is 0 Å². The highest BCUT2D eigenvalue weighted by atomic mass is 35.5. The van der Waals surface area contributed by atoms with Crippen molar-refractivity contribution in [1.29, 1.82) is 0 Å². The Labute approximate surface area is 119 Å². The van der Waals surface area contributed by atoms with E-state index in [2.05, 4.69) is 61.2 Å². The van der Waals surface area contributed by atoms with Gasteiger partial charge in [0.25, 0.3) is 0 Å². The molecule has 3 rings (SSSR count). The van der Waals surface area contributed by atoms with Gasteiger partial charge in [-0.3, -0.25) is 0 Å². The molecule has 1 aliphatic rings. The van der Waals surface area contributed by atoms with Crippen molar-refractivity contribution < 1.29 is 0 Å². The predicted molar refractivity (Wildman–Crippen MR) is 82.5 cm³/mol. The number of nitrogens with zero attached hydrogens (tertiary/aromatic N) is 1. The van der Waals surface area contributed by atoms with Crippen LogP contribution >= 0.6 is 11.6 Å². The Morgan fingerprint density at radius 1 is 1.21 bits per heavy atom.